The van der Waals surface area contributed by atoms with Gasteiger partial charge in [0.25, 0.3) is 0 Å². The van der Waals surface area contributed by atoms with E-state index in [9.17, 15) is 0 Å². The van der Waals surface area contributed by atoms with Crippen LogP contribution >= 0.6 is 0 Å². The lowest BCUT2D eigenvalue weighted by atomic mass is 9.68. The number of H-pyrrole nitrogens is 1. The second-order valence-electron chi connectivity index (χ2n) is 6.09. The first kappa shape index (κ1) is 13.4. The van der Waals surface area contributed by atoms with Crippen LogP contribution in [0.15, 0.2) is 24.3 Å². The molecule has 0 unspecified atom stereocenters. The van der Waals surface area contributed by atoms with Gasteiger partial charge in [-0.2, -0.15) is 0 Å². The molecule has 1 aromatic heterocycles. The molecule has 3 heteroatoms. The number of hydrogen-bond acceptors (Lipinski definition) is 2. The molecule has 0 atom stereocenters. The quantitative estimate of drug-likeness (QED) is 0.893. The van der Waals surface area contributed by atoms with E-state index in [1.54, 1.807) is 0 Å². The van der Waals surface area contributed by atoms with Crippen LogP contribution in [0.5, 0.6) is 0 Å². The third-order valence-corrected chi connectivity index (χ3v) is 4.50. The average molecular weight is 269 g/mol. The maximum atomic E-state index is 4.94. The SMILES string of the molecule is CNCC1(c2nc(-c3cccc(C)c3)c(C)[nH]2)CCC1. The Bertz CT molecular complexity index is 608. The molecule has 1 aliphatic carbocycles. The summed E-state index contributed by atoms with van der Waals surface area (Å²) in [6, 6.07) is 8.58. The van der Waals surface area contributed by atoms with E-state index in [-0.39, 0.29) is 5.41 Å². The minimum atomic E-state index is 0.224. The molecule has 0 amide bonds. The number of imidazole rings is 1. The van der Waals surface area contributed by atoms with E-state index in [4.69, 9.17) is 4.98 Å². The number of nitrogens with zero attached hydrogens (tertiary/aromatic N) is 1. The van der Waals surface area contributed by atoms with Gasteiger partial charge in [0.15, 0.2) is 0 Å². The van der Waals surface area contributed by atoms with Gasteiger partial charge in [-0.25, -0.2) is 4.98 Å². The van der Waals surface area contributed by atoms with Crippen molar-refractivity contribution in [2.45, 2.75) is 38.5 Å². The number of aromatic nitrogens is 2. The molecule has 1 heterocycles. The van der Waals surface area contributed by atoms with Gasteiger partial charge in [0.1, 0.15) is 5.82 Å². The van der Waals surface area contributed by atoms with Gasteiger partial charge in [-0.05, 0) is 39.8 Å². The second kappa shape index (κ2) is 5.06. The number of rotatable bonds is 4. The predicted molar refractivity (Wildman–Crippen MR) is 83.0 cm³/mol. The molecule has 0 spiro atoms. The summed E-state index contributed by atoms with van der Waals surface area (Å²) in [7, 11) is 2.03. The fraction of sp³-hybridized carbons (Fsp3) is 0.471. The van der Waals surface area contributed by atoms with Crippen LogP contribution in [0.1, 0.15) is 36.3 Å². The van der Waals surface area contributed by atoms with Crippen molar-refractivity contribution in [3.8, 4) is 11.3 Å². The third kappa shape index (κ3) is 2.16. The Kier molecular flexibility index (Phi) is 3.38. The predicted octanol–water partition coefficient (Wildman–Crippen LogP) is 3.33. The molecule has 1 saturated carbocycles. The van der Waals surface area contributed by atoms with Gasteiger partial charge in [-0.15, -0.1) is 0 Å². The highest BCUT2D eigenvalue weighted by Crippen LogP contribution is 2.42. The van der Waals surface area contributed by atoms with Crippen molar-refractivity contribution in [1.82, 2.24) is 15.3 Å². The largest absolute Gasteiger partial charge is 0.345 e. The standard InChI is InChI=1S/C17H23N3/c1-12-6-4-7-14(10-12)15-13(2)19-16(20-15)17(11-18-3)8-5-9-17/h4,6-7,10,18H,5,8-9,11H2,1-3H3,(H,19,20). The molecule has 3 nitrogen and oxygen atoms in total. The van der Waals surface area contributed by atoms with Crippen LogP contribution < -0.4 is 5.32 Å². The summed E-state index contributed by atoms with van der Waals surface area (Å²) in [5, 5.41) is 3.33. The van der Waals surface area contributed by atoms with Crippen molar-refractivity contribution in [1.29, 1.82) is 0 Å². The van der Waals surface area contributed by atoms with Crippen molar-refractivity contribution >= 4 is 0 Å². The number of benzene rings is 1. The second-order valence-corrected chi connectivity index (χ2v) is 6.09. The number of nitrogens with one attached hydrogen (secondary N) is 2. The molecule has 0 saturated heterocycles. The van der Waals surface area contributed by atoms with Crippen molar-refractivity contribution in [3.63, 3.8) is 0 Å². The summed E-state index contributed by atoms with van der Waals surface area (Å²) < 4.78 is 0. The van der Waals surface area contributed by atoms with Crippen molar-refractivity contribution in [2.75, 3.05) is 13.6 Å². The molecule has 0 bridgehead atoms. The van der Waals surface area contributed by atoms with Crippen LogP contribution in [0.3, 0.4) is 0 Å². The topological polar surface area (TPSA) is 40.7 Å². The molecule has 106 valence electrons. The number of likely N-dealkylation sites (N-methyl/N-ethyl adjacent to an activating group) is 1. The fourth-order valence-electron chi connectivity index (χ4n) is 3.22. The van der Waals surface area contributed by atoms with Crippen LogP contribution in [0.25, 0.3) is 11.3 Å². The highest BCUT2D eigenvalue weighted by Gasteiger charge is 2.41. The smallest absolute Gasteiger partial charge is 0.114 e. The first-order valence-corrected chi connectivity index (χ1v) is 7.43. The molecular formula is C17H23N3. The Morgan fingerprint density at radius 2 is 2.10 bits per heavy atom. The Hall–Kier alpha value is -1.61. The first-order valence-electron chi connectivity index (χ1n) is 7.43. The monoisotopic (exact) mass is 269 g/mol. The Morgan fingerprint density at radius 3 is 2.70 bits per heavy atom. The molecule has 1 aliphatic rings. The summed E-state index contributed by atoms with van der Waals surface area (Å²) in [6.07, 6.45) is 3.77. The normalized spacial score (nSPS) is 16.9. The van der Waals surface area contributed by atoms with Gasteiger partial charge in [-0.3, -0.25) is 0 Å². The zero-order valence-corrected chi connectivity index (χ0v) is 12.6. The first-order chi connectivity index (χ1) is 9.64. The summed E-state index contributed by atoms with van der Waals surface area (Å²) in [4.78, 5) is 8.48. The highest BCUT2D eigenvalue weighted by molar-refractivity contribution is 5.63. The van der Waals surface area contributed by atoms with Crippen molar-refractivity contribution < 1.29 is 0 Å². The number of aryl methyl sites for hydroxylation is 2. The molecule has 2 N–H and O–H groups in total. The molecular weight excluding hydrogens is 246 g/mol. The van der Waals surface area contributed by atoms with Crippen LogP contribution in [-0.2, 0) is 5.41 Å². The number of hydrogen-bond donors (Lipinski definition) is 2. The number of aromatic amines is 1. The van der Waals surface area contributed by atoms with Crippen LogP contribution in [0, 0.1) is 13.8 Å². The van der Waals surface area contributed by atoms with Gasteiger partial charge < -0.3 is 10.3 Å². The summed E-state index contributed by atoms with van der Waals surface area (Å²) in [5.41, 5.74) is 4.99. The molecule has 0 aliphatic heterocycles. The van der Waals surface area contributed by atoms with E-state index < -0.39 is 0 Å². The van der Waals surface area contributed by atoms with Gasteiger partial charge >= 0.3 is 0 Å². The van der Waals surface area contributed by atoms with Crippen LogP contribution in [0.2, 0.25) is 0 Å². The maximum absolute atomic E-state index is 4.94. The van der Waals surface area contributed by atoms with Crippen molar-refractivity contribution in [3.05, 3.63) is 41.3 Å². The summed E-state index contributed by atoms with van der Waals surface area (Å²) in [5.74, 6) is 1.16. The molecule has 1 fully saturated rings. The van der Waals surface area contributed by atoms with Crippen molar-refractivity contribution in [2.24, 2.45) is 0 Å². The molecule has 1 aromatic carbocycles. The Balaban J connectivity index is 1.99. The van der Waals surface area contributed by atoms with Crippen LogP contribution in [-0.4, -0.2) is 23.6 Å². The van der Waals surface area contributed by atoms with Gasteiger partial charge in [-0.1, -0.05) is 30.2 Å². The summed E-state index contributed by atoms with van der Waals surface area (Å²) in [6.45, 7) is 5.26. The Labute approximate surface area is 120 Å². The Morgan fingerprint density at radius 1 is 1.30 bits per heavy atom. The van der Waals surface area contributed by atoms with E-state index in [0.717, 1.165) is 18.1 Å². The zero-order valence-electron chi connectivity index (χ0n) is 12.6. The molecule has 3 rings (SSSR count). The fourth-order valence-corrected chi connectivity index (χ4v) is 3.22. The molecule has 2 aromatic rings. The van der Waals surface area contributed by atoms with E-state index in [2.05, 4.69) is 48.4 Å². The lowest BCUT2D eigenvalue weighted by Crippen LogP contribution is -2.43. The maximum Gasteiger partial charge on any atom is 0.114 e. The minimum Gasteiger partial charge on any atom is -0.345 e. The highest BCUT2D eigenvalue weighted by atomic mass is 15.0. The lowest BCUT2D eigenvalue weighted by molar-refractivity contribution is 0.226. The van der Waals surface area contributed by atoms with Gasteiger partial charge in [0.05, 0.1) is 5.69 Å². The van der Waals surface area contributed by atoms with Gasteiger partial charge in [0.2, 0.25) is 0 Å². The average Bonchev–Trinajstić information content (AvgIpc) is 2.76. The van der Waals surface area contributed by atoms with E-state index in [0.29, 0.717) is 0 Å². The lowest BCUT2D eigenvalue weighted by Gasteiger charge is -2.40. The van der Waals surface area contributed by atoms with E-state index >= 15 is 0 Å². The molecule has 20 heavy (non-hydrogen) atoms. The molecule has 0 radical (unpaired) electrons. The van der Waals surface area contributed by atoms with E-state index in [1.165, 1.54) is 36.1 Å². The van der Waals surface area contributed by atoms with Gasteiger partial charge in [0, 0.05) is 23.2 Å². The van der Waals surface area contributed by atoms with Crippen LogP contribution in [0.4, 0.5) is 0 Å². The third-order valence-electron chi connectivity index (χ3n) is 4.50. The zero-order chi connectivity index (χ0) is 14.2. The minimum absolute atomic E-state index is 0.224. The van der Waals surface area contributed by atoms with E-state index in [1.807, 2.05) is 7.05 Å². The summed E-state index contributed by atoms with van der Waals surface area (Å²) >= 11 is 0.